The lowest BCUT2D eigenvalue weighted by Gasteiger charge is -1.99. The molecule has 126 valence electrons. The first-order valence-electron chi connectivity index (χ1n) is 6.95. The second-order valence-corrected chi connectivity index (χ2v) is 6.00. The monoisotopic (exact) mass is 358 g/mol. The van der Waals surface area contributed by atoms with Gasteiger partial charge in [0.1, 0.15) is 0 Å². The van der Waals surface area contributed by atoms with Crippen molar-refractivity contribution in [1.29, 1.82) is 0 Å². The summed E-state index contributed by atoms with van der Waals surface area (Å²) in [6.45, 7) is 1.93. The second-order valence-electron chi connectivity index (χ2n) is 5.01. The zero-order valence-electron chi connectivity index (χ0n) is 12.8. The highest BCUT2D eigenvalue weighted by Crippen LogP contribution is 2.37. The van der Waals surface area contributed by atoms with Crippen molar-refractivity contribution < 1.29 is 14.3 Å². The van der Waals surface area contributed by atoms with E-state index in [9.17, 15) is 20.2 Å². The van der Waals surface area contributed by atoms with Gasteiger partial charge in [-0.15, -0.1) is 10.2 Å². The Labute approximate surface area is 145 Å². The van der Waals surface area contributed by atoms with Crippen LogP contribution in [-0.2, 0) is 0 Å². The van der Waals surface area contributed by atoms with Gasteiger partial charge in [0, 0.05) is 11.6 Å². The van der Waals surface area contributed by atoms with Gasteiger partial charge in [0.15, 0.2) is 0 Å². The lowest BCUT2D eigenvalue weighted by atomic mass is 10.1. The van der Waals surface area contributed by atoms with E-state index >= 15 is 0 Å². The molecule has 2 aromatic carbocycles. The predicted octanol–water partition coefficient (Wildman–Crippen LogP) is 4.01. The minimum absolute atomic E-state index is 0.105. The number of non-ortho nitro benzene ring substituents is 1. The molecule has 3 aromatic rings. The van der Waals surface area contributed by atoms with Crippen LogP contribution in [0.5, 0.6) is 0 Å². The first-order valence-corrected chi connectivity index (χ1v) is 7.77. The predicted molar refractivity (Wildman–Crippen MR) is 88.3 cm³/mol. The molecular weight excluding hydrogens is 348 g/mol. The summed E-state index contributed by atoms with van der Waals surface area (Å²) < 4.78 is 5.53. The molecule has 0 saturated carbocycles. The summed E-state index contributed by atoms with van der Waals surface area (Å²) in [5.74, 6) is 0.288. The highest BCUT2D eigenvalue weighted by Gasteiger charge is 2.22. The zero-order chi connectivity index (χ0) is 18.0. The smallest absolute Gasteiger partial charge is 0.290 e. The quantitative estimate of drug-likeness (QED) is 0.494. The third-order valence-electron chi connectivity index (χ3n) is 3.22. The van der Waals surface area contributed by atoms with Crippen molar-refractivity contribution in [2.75, 3.05) is 0 Å². The van der Waals surface area contributed by atoms with Crippen molar-refractivity contribution in [1.82, 2.24) is 10.2 Å². The number of nitro benzene ring substituents is 2. The van der Waals surface area contributed by atoms with E-state index in [0.717, 1.165) is 29.0 Å². The Bertz CT molecular complexity index is 972. The van der Waals surface area contributed by atoms with Crippen LogP contribution in [0.15, 0.2) is 57.0 Å². The molecule has 0 unspecified atom stereocenters. The van der Waals surface area contributed by atoms with Gasteiger partial charge in [-0.25, -0.2) is 0 Å². The van der Waals surface area contributed by atoms with Crippen LogP contribution in [0.3, 0.4) is 0 Å². The number of aromatic nitrogens is 2. The van der Waals surface area contributed by atoms with Crippen molar-refractivity contribution in [3.63, 3.8) is 0 Å². The van der Waals surface area contributed by atoms with Crippen LogP contribution in [-0.4, -0.2) is 20.0 Å². The molecule has 0 saturated heterocycles. The summed E-state index contributed by atoms with van der Waals surface area (Å²) in [6, 6.07) is 10.8. The fraction of sp³-hybridized carbons (Fsp3) is 0.0667. The van der Waals surface area contributed by atoms with Crippen molar-refractivity contribution in [2.24, 2.45) is 0 Å². The summed E-state index contributed by atoms with van der Waals surface area (Å²) in [5, 5.41) is 29.8. The first-order chi connectivity index (χ1) is 11.9. The highest BCUT2D eigenvalue weighted by molar-refractivity contribution is 7.99. The third-order valence-corrected chi connectivity index (χ3v) is 4.12. The van der Waals surface area contributed by atoms with E-state index in [1.165, 1.54) is 12.1 Å². The summed E-state index contributed by atoms with van der Waals surface area (Å²) in [6.07, 6.45) is 0. The van der Waals surface area contributed by atoms with Crippen LogP contribution >= 0.6 is 11.8 Å². The van der Waals surface area contributed by atoms with Gasteiger partial charge in [-0.3, -0.25) is 20.2 Å². The average Bonchev–Trinajstić information content (AvgIpc) is 3.03. The molecule has 0 atom stereocenters. The molecule has 25 heavy (non-hydrogen) atoms. The maximum absolute atomic E-state index is 11.2. The zero-order valence-corrected chi connectivity index (χ0v) is 13.6. The van der Waals surface area contributed by atoms with Crippen LogP contribution in [0.25, 0.3) is 11.5 Å². The molecule has 0 aliphatic heterocycles. The molecular formula is C15H10N4O5S. The molecule has 0 spiro atoms. The normalized spacial score (nSPS) is 10.6. The number of rotatable bonds is 5. The van der Waals surface area contributed by atoms with Gasteiger partial charge in [-0.05, 0) is 36.9 Å². The number of benzene rings is 2. The molecule has 0 amide bonds. The fourth-order valence-corrected chi connectivity index (χ4v) is 2.85. The van der Waals surface area contributed by atoms with Crippen LogP contribution < -0.4 is 0 Å². The topological polar surface area (TPSA) is 125 Å². The number of hydrogen-bond acceptors (Lipinski definition) is 8. The molecule has 0 aliphatic rings. The number of nitro groups is 2. The largest absolute Gasteiger partial charge is 0.411 e. The highest BCUT2D eigenvalue weighted by atomic mass is 32.2. The lowest BCUT2D eigenvalue weighted by molar-refractivity contribution is -0.396. The molecule has 0 bridgehead atoms. The molecule has 3 rings (SSSR count). The van der Waals surface area contributed by atoms with Gasteiger partial charge >= 0.3 is 0 Å². The number of nitrogens with zero attached hydrogens (tertiary/aromatic N) is 4. The molecule has 0 fully saturated rings. The van der Waals surface area contributed by atoms with Crippen LogP contribution in [0, 0.1) is 27.2 Å². The number of aryl methyl sites for hydroxylation is 1. The first kappa shape index (κ1) is 16.6. The van der Waals surface area contributed by atoms with E-state index in [2.05, 4.69) is 10.2 Å². The van der Waals surface area contributed by atoms with Crippen LogP contribution in [0.4, 0.5) is 11.4 Å². The van der Waals surface area contributed by atoms with Crippen molar-refractivity contribution in [3.05, 3.63) is 68.3 Å². The van der Waals surface area contributed by atoms with Gasteiger partial charge in [0.25, 0.3) is 16.6 Å². The summed E-state index contributed by atoms with van der Waals surface area (Å²) in [7, 11) is 0. The minimum Gasteiger partial charge on any atom is -0.411 e. The maximum Gasteiger partial charge on any atom is 0.290 e. The molecule has 9 nitrogen and oxygen atoms in total. The van der Waals surface area contributed by atoms with E-state index in [1.54, 1.807) is 0 Å². The summed E-state index contributed by atoms with van der Waals surface area (Å²) in [5.41, 5.74) is 1.00. The fourth-order valence-electron chi connectivity index (χ4n) is 2.09. The second kappa shape index (κ2) is 6.69. The lowest BCUT2D eigenvalue weighted by Crippen LogP contribution is -1.94. The van der Waals surface area contributed by atoms with Crippen LogP contribution in [0.1, 0.15) is 5.56 Å². The Hall–Kier alpha value is -3.27. The summed E-state index contributed by atoms with van der Waals surface area (Å²) >= 11 is 0.878. The van der Waals surface area contributed by atoms with Crippen molar-refractivity contribution >= 4 is 23.1 Å². The Morgan fingerprint density at radius 3 is 2.52 bits per heavy atom. The molecule has 1 heterocycles. The van der Waals surface area contributed by atoms with E-state index < -0.39 is 15.5 Å². The van der Waals surface area contributed by atoms with Gasteiger partial charge in [0.05, 0.1) is 20.8 Å². The van der Waals surface area contributed by atoms with Crippen molar-refractivity contribution in [3.8, 4) is 11.5 Å². The minimum atomic E-state index is -0.690. The molecule has 10 heteroatoms. The Morgan fingerprint density at radius 2 is 1.84 bits per heavy atom. The Kier molecular flexibility index (Phi) is 4.44. The van der Waals surface area contributed by atoms with Crippen LogP contribution in [0.2, 0.25) is 0 Å². The number of hydrogen-bond donors (Lipinski definition) is 0. The molecule has 0 N–H and O–H groups in total. The Balaban J connectivity index is 1.90. The van der Waals surface area contributed by atoms with Crippen molar-refractivity contribution in [2.45, 2.75) is 17.0 Å². The maximum atomic E-state index is 11.2. The molecule has 1 aromatic heterocycles. The van der Waals surface area contributed by atoms with E-state index in [1.807, 2.05) is 31.2 Å². The van der Waals surface area contributed by atoms with E-state index in [-0.39, 0.29) is 21.7 Å². The van der Waals surface area contributed by atoms with Gasteiger partial charge in [-0.2, -0.15) is 0 Å². The Morgan fingerprint density at radius 1 is 1.04 bits per heavy atom. The van der Waals surface area contributed by atoms with Gasteiger partial charge in [-0.1, -0.05) is 17.7 Å². The average molecular weight is 358 g/mol. The van der Waals surface area contributed by atoms with Gasteiger partial charge in [0.2, 0.25) is 5.89 Å². The summed E-state index contributed by atoms with van der Waals surface area (Å²) in [4.78, 5) is 20.7. The van der Waals surface area contributed by atoms with E-state index in [0.29, 0.717) is 0 Å². The standard InChI is InChI=1S/C15H10N4O5S/c1-9-3-2-4-10(7-9)14-16-17-15(24-14)25-13-6-5-11(18(20)21)8-12(13)19(22)23/h2-8H,1H3. The SMILES string of the molecule is Cc1cccc(-c2nnc(Sc3ccc([N+](=O)[O-])cc3[N+](=O)[O-])o2)c1. The van der Waals surface area contributed by atoms with E-state index in [4.69, 9.17) is 4.42 Å². The third kappa shape index (κ3) is 3.63. The molecule has 0 radical (unpaired) electrons. The van der Waals surface area contributed by atoms with Gasteiger partial charge < -0.3 is 4.42 Å². The molecule has 0 aliphatic carbocycles.